The van der Waals surface area contributed by atoms with E-state index in [0.717, 1.165) is 0 Å². The number of carbonyl (C=O) groups excluding carboxylic acids is 2. The number of rotatable bonds is 7. The number of halogens is 1. The molecular weight excluding hydrogens is 343 g/mol. The van der Waals surface area contributed by atoms with Gasteiger partial charge in [0.1, 0.15) is 11.6 Å². The standard InChI is InChI=1S/C18H19FN2O3S/c1-20-18(23)13-11-12(24-2)7-8-15(13)21-17(22)9-10-25-16-6-4-3-5-14(16)19/h3-8,11H,9-10H2,1-2H3,(H,20,23)(H,21,22). The highest BCUT2D eigenvalue weighted by atomic mass is 32.2. The average Bonchev–Trinajstić information content (AvgIpc) is 2.63. The summed E-state index contributed by atoms with van der Waals surface area (Å²) in [6, 6.07) is 11.3. The SMILES string of the molecule is CNC(=O)c1cc(OC)ccc1NC(=O)CCSc1ccccc1F. The van der Waals surface area contributed by atoms with Crippen LogP contribution in [-0.2, 0) is 4.79 Å². The van der Waals surface area contributed by atoms with Crippen molar-refractivity contribution in [3.63, 3.8) is 0 Å². The molecule has 0 saturated heterocycles. The zero-order valence-corrected chi connectivity index (χ0v) is 14.8. The van der Waals surface area contributed by atoms with E-state index >= 15 is 0 Å². The molecule has 2 amide bonds. The Kier molecular flexibility index (Phi) is 6.82. The molecule has 0 bridgehead atoms. The Morgan fingerprint density at radius 1 is 1.20 bits per heavy atom. The summed E-state index contributed by atoms with van der Waals surface area (Å²) in [5.41, 5.74) is 0.720. The molecule has 0 radical (unpaired) electrons. The molecule has 0 heterocycles. The highest BCUT2D eigenvalue weighted by molar-refractivity contribution is 7.99. The first-order chi connectivity index (χ1) is 12.0. The molecule has 0 aliphatic rings. The molecule has 0 aliphatic carbocycles. The predicted molar refractivity (Wildman–Crippen MR) is 96.8 cm³/mol. The number of anilines is 1. The van der Waals surface area contributed by atoms with E-state index in [-0.39, 0.29) is 24.1 Å². The molecule has 0 saturated carbocycles. The summed E-state index contributed by atoms with van der Waals surface area (Å²) in [6.07, 6.45) is 0.193. The molecule has 0 aliphatic heterocycles. The topological polar surface area (TPSA) is 67.4 Å². The van der Waals surface area contributed by atoms with E-state index in [1.807, 2.05) is 0 Å². The molecule has 2 aromatic carbocycles. The summed E-state index contributed by atoms with van der Waals surface area (Å²) < 4.78 is 18.6. The Balaban J connectivity index is 1.98. The van der Waals surface area contributed by atoms with Crippen molar-refractivity contribution in [2.45, 2.75) is 11.3 Å². The second-order valence-electron chi connectivity index (χ2n) is 5.07. The maximum absolute atomic E-state index is 13.5. The second kappa shape index (κ2) is 9.08. The molecule has 2 rings (SSSR count). The third-order valence-electron chi connectivity index (χ3n) is 3.40. The van der Waals surface area contributed by atoms with E-state index < -0.39 is 0 Å². The number of nitrogens with one attached hydrogen (secondary N) is 2. The summed E-state index contributed by atoms with van der Waals surface area (Å²) >= 11 is 1.27. The van der Waals surface area contributed by atoms with Crippen LogP contribution < -0.4 is 15.4 Å². The van der Waals surface area contributed by atoms with Gasteiger partial charge in [0.2, 0.25) is 5.91 Å². The number of methoxy groups -OCH3 is 1. The van der Waals surface area contributed by atoms with Crippen LogP contribution in [0.3, 0.4) is 0 Å². The fourth-order valence-electron chi connectivity index (χ4n) is 2.11. The summed E-state index contributed by atoms with van der Waals surface area (Å²) in [7, 11) is 3.01. The zero-order valence-electron chi connectivity index (χ0n) is 14.0. The van der Waals surface area contributed by atoms with Crippen LogP contribution in [0.4, 0.5) is 10.1 Å². The van der Waals surface area contributed by atoms with Crippen molar-refractivity contribution in [3.8, 4) is 5.75 Å². The van der Waals surface area contributed by atoms with Gasteiger partial charge in [-0.15, -0.1) is 11.8 Å². The van der Waals surface area contributed by atoms with Crippen LogP contribution in [0, 0.1) is 5.82 Å². The van der Waals surface area contributed by atoms with E-state index in [1.54, 1.807) is 36.4 Å². The van der Waals surface area contributed by atoms with Gasteiger partial charge in [0, 0.05) is 24.1 Å². The van der Waals surface area contributed by atoms with Crippen molar-refractivity contribution in [1.29, 1.82) is 0 Å². The number of benzene rings is 2. The van der Waals surface area contributed by atoms with Crippen LogP contribution >= 0.6 is 11.8 Å². The van der Waals surface area contributed by atoms with Crippen LogP contribution in [0.2, 0.25) is 0 Å². The van der Waals surface area contributed by atoms with E-state index in [9.17, 15) is 14.0 Å². The van der Waals surface area contributed by atoms with Crippen LogP contribution in [-0.4, -0.2) is 31.7 Å². The molecule has 0 atom stereocenters. The molecular formula is C18H19FN2O3S. The van der Waals surface area contributed by atoms with Crippen LogP contribution in [0.1, 0.15) is 16.8 Å². The molecule has 7 heteroatoms. The second-order valence-corrected chi connectivity index (χ2v) is 6.20. The first-order valence-corrected chi connectivity index (χ1v) is 8.61. The van der Waals surface area contributed by atoms with Crippen LogP contribution in [0.5, 0.6) is 5.75 Å². The van der Waals surface area contributed by atoms with Crippen molar-refractivity contribution in [1.82, 2.24) is 5.32 Å². The van der Waals surface area contributed by atoms with Gasteiger partial charge < -0.3 is 15.4 Å². The van der Waals surface area contributed by atoms with Gasteiger partial charge >= 0.3 is 0 Å². The monoisotopic (exact) mass is 362 g/mol. The number of hydrogen-bond acceptors (Lipinski definition) is 4. The smallest absolute Gasteiger partial charge is 0.253 e. The number of hydrogen-bond donors (Lipinski definition) is 2. The van der Waals surface area contributed by atoms with Gasteiger partial charge in [-0.2, -0.15) is 0 Å². The summed E-state index contributed by atoms with van der Waals surface area (Å²) in [6.45, 7) is 0. The van der Waals surface area contributed by atoms with E-state index in [4.69, 9.17) is 4.74 Å². The molecule has 2 aromatic rings. The molecule has 0 spiro atoms. The first kappa shape index (κ1) is 18.8. The lowest BCUT2D eigenvalue weighted by Gasteiger charge is -2.12. The van der Waals surface area contributed by atoms with Crippen LogP contribution in [0.15, 0.2) is 47.4 Å². The summed E-state index contributed by atoms with van der Waals surface area (Å²) in [5.74, 6) is 0.0730. The Morgan fingerprint density at radius 2 is 1.96 bits per heavy atom. The maximum Gasteiger partial charge on any atom is 0.253 e. The Hall–Kier alpha value is -2.54. The lowest BCUT2D eigenvalue weighted by molar-refractivity contribution is -0.115. The molecule has 25 heavy (non-hydrogen) atoms. The number of thioether (sulfide) groups is 1. The number of carbonyl (C=O) groups is 2. The van der Waals surface area contributed by atoms with E-state index in [1.165, 1.54) is 32.0 Å². The summed E-state index contributed by atoms with van der Waals surface area (Å²) in [5, 5.41) is 5.24. The lowest BCUT2D eigenvalue weighted by atomic mass is 10.1. The van der Waals surface area contributed by atoms with Gasteiger partial charge in [0.05, 0.1) is 18.4 Å². The van der Waals surface area contributed by atoms with Gasteiger partial charge in [-0.05, 0) is 30.3 Å². The minimum absolute atomic E-state index is 0.193. The Labute approximate surface area is 150 Å². The molecule has 0 unspecified atom stereocenters. The third-order valence-corrected chi connectivity index (χ3v) is 4.45. The lowest BCUT2D eigenvalue weighted by Crippen LogP contribution is -2.21. The normalized spacial score (nSPS) is 10.2. The van der Waals surface area contributed by atoms with Gasteiger partial charge in [-0.1, -0.05) is 12.1 Å². The van der Waals surface area contributed by atoms with Gasteiger partial charge in [-0.25, -0.2) is 4.39 Å². The minimum atomic E-state index is -0.324. The molecule has 5 nitrogen and oxygen atoms in total. The van der Waals surface area contributed by atoms with Gasteiger partial charge in [-0.3, -0.25) is 9.59 Å². The average molecular weight is 362 g/mol. The summed E-state index contributed by atoms with van der Waals surface area (Å²) in [4.78, 5) is 24.6. The Bertz CT molecular complexity index is 768. The molecule has 0 aromatic heterocycles. The van der Waals surface area contributed by atoms with Gasteiger partial charge in [0.25, 0.3) is 5.91 Å². The number of ether oxygens (including phenoxy) is 1. The maximum atomic E-state index is 13.5. The third kappa shape index (κ3) is 5.22. The molecule has 2 N–H and O–H groups in total. The first-order valence-electron chi connectivity index (χ1n) is 7.62. The fraction of sp³-hybridized carbons (Fsp3) is 0.222. The quantitative estimate of drug-likeness (QED) is 0.742. The van der Waals surface area contributed by atoms with Crippen molar-refractivity contribution >= 4 is 29.3 Å². The molecule has 132 valence electrons. The molecule has 0 fully saturated rings. The highest BCUT2D eigenvalue weighted by Gasteiger charge is 2.14. The highest BCUT2D eigenvalue weighted by Crippen LogP contribution is 2.24. The van der Waals surface area contributed by atoms with Gasteiger partial charge in [0.15, 0.2) is 0 Å². The Morgan fingerprint density at radius 3 is 2.64 bits per heavy atom. The zero-order chi connectivity index (χ0) is 18.2. The van der Waals surface area contributed by atoms with Crippen molar-refractivity contribution in [2.24, 2.45) is 0 Å². The van der Waals surface area contributed by atoms with E-state index in [2.05, 4.69) is 10.6 Å². The van der Waals surface area contributed by atoms with Crippen molar-refractivity contribution in [2.75, 3.05) is 25.2 Å². The number of amides is 2. The largest absolute Gasteiger partial charge is 0.497 e. The van der Waals surface area contributed by atoms with E-state index in [0.29, 0.717) is 27.6 Å². The van der Waals surface area contributed by atoms with Crippen molar-refractivity contribution in [3.05, 3.63) is 53.8 Å². The fourth-order valence-corrected chi connectivity index (χ4v) is 3.00. The predicted octanol–water partition coefficient (Wildman–Crippen LogP) is 3.31. The minimum Gasteiger partial charge on any atom is -0.497 e. The van der Waals surface area contributed by atoms with Crippen LogP contribution in [0.25, 0.3) is 0 Å². The van der Waals surface area contributed by atoms with Crippen molar-refractivity contribution < 1.29 is 18.7 Å².